The summed E-state index contributed by atoms with van der Waals surface area (Å²) in [7, 11) is 0. The molecule has 1 N–H and O–H groups in total. The van der Waals surface area contributed by atoms with Crippen molar-refractivity contribution >= 4 is 0 Å². The average Bonchev–Trinajstić information content (AvgIpc) is 2.53. The molecular weight excluding hydrogens is 254 g/mol. The van der Waals surface area contributed by atoms with E-state index in [9.17, 15) is 0 Å². The lowest BCUT2D eigenvalue weighted by Crippen LogP contribution is -2.33. The highest BCUT2D eigenvalue weighted by Crippen LogP contribution is 2.32. The SMILES string of the molecule is CC(NCC1CCCCO1)c1ccc2c(c1)OCCO2. The molecule has 1 aromatic carbocycles. The number of benzene rings is 1. The summed E-state index contributed by atoms with van der Waals surface area (Å²) in [6.45, 7) is 5.27. The van der Waals surface area contributed by atoms with Gasteiger partial charge in [0, 0.05) is 19.2 Å². The van der Waals surface area contributed by atoms with Gasteiger partial charge in [-0.15, -0.1) is 0 Å². The van der Waals surface area contributed by atoms with Crippen LogP contribution in [0.3, 0.4) is 0 Å². The van der Waals surface area contributed by atoms with Crippen molar-refractivity contribution < 1.29 is 14.2 Å². The van der Waals surface area contributed by atoms with E-state index in [4.69, 9.17) is 14.2 Å². The molecule has 110 valence electrons. The first-order valence-electron chi connectivity index (χ1n) is 7.57. The van der Waals surface area contributed by atoms with Crippen molar-refractivity contribution in [2.45, 2.75) is 38.3 Å². The van der Waals surface area contributed by atoms with Gasteiger partial charge in [0.1, 0.15) is 13.2 Å². The monoisotopic (exact) mass is 277 g/mol. The standard InChI is InChI=1S/C16H23NO3/c1-12(17-11-14-4-2-3-7-18-14)13-5-6-15-16(10-13)20-9-8-19-15/h5-6,10,12,14,17H,2-4,7-9,11H2,1H3. The Morgan fingerprint density at radius 2 is 2.00 bits per heavy atom. The zero-order valence-electron chi connectivity index (χ0n) is 12.1. The number of rotatable bonds is 4. The van der Waals surface area contributed by atoms with Crippen LogP contribution in [0.5, 0.6) is 11.5 Å². The number of nitrogens with one attached hydrogen (secondary N) is 1. The van der Waals surface area contributed by atoms with Gasteiger partial charge in [-0.2, -0.15) is 0 Å². The number of fused-ring (bicyclic) bond motifs is 1. The second kappa shape index (κ2) is 6.46. The van der Waals surface area contributed by atoms with E-state index >= 15 is 0 Å². The first-order chi connectivity index (χ1) is 9.83. The Balaban J connectivity index is 1.57. The lowest BCUT2D eigenvalue weighted by Gasteiger charge is -2.25. The van der Waals surface area contributed by atoms with E-state index in [1.54, 1.807) is 0 Å². The summed E-state index contributed by atoms with van der Waals surface area (Å²) in [6.07, 6.45) is 4.02. The van der Waals surface area contributed by atoms with E-state index in [2.05, 4.69) is 24.4 Å². The maximum Gasteiger partial charge on any atom is 0.161 e. The molecular formula is C16H23NO3. The van der Waals surface area contributed by atoms with Crippen LogP contribution in [-0.4, -0.2) is 32.5 Å². The molecule has 1 saturated heterocycles. The minimum atomic E-state index is 0.288. The van der Waals surface area contributed by atoms with Gasteiger partial charge in [-0.05, 0) is 43.9 Å². The average molecular weight is 277 g/mol. The van der Waals surface area contributed by atoms with Gasteiger partial charge >= 0.3 is 0 Å². The number of hydrogen-bond acceptors (Lipinski definition) is 4. The molecule has 1 aromatic rings. The molecule has 0 aliphatic carbocycles. The molecule has 0 amide bonds. The molecule has 0 radical (unpaired) electrons. The van der Waals surface area contributed by atoms with E-state index in [1.807, 2.05) is 6.07 Å². The zero-order valence-corrected chi connectivity index (χ0v) is 12.1. The third-order valence-corrected chi connectivity index (χ3v) is 3.99. The van der Waals surface area contributed by atoms with Crippen molar-refractivity contribution in [3.63, 3.8) is 0 Å². The molecule has 0 spiro atoms. The predicted molar refractivity (Wildman–Crippen MR) is 77.4 cm³/mol. The quantitative estimate of drug-likeness (QED) is 0.918. The van der Waals surface area contributed by atoms with E-state index in [1.165, 1.54) is 24.8 Å². The predicted octanol–water partition coefficient (Wildman–Crippen LogP) is 2.68. The van der Waals surface area contributed by atoms with Crippen LogP contribution >= 0.6 is 0 Å². The smallest absolute Gasteiger partial charge is 0.161 e. The third-order valence-electron chi connectivity index (χ3n) is 3.99. The number of hydrogen-bond donors (Lipinski definition) is 1. The largest absolute Gasteiger partial charge is 0.486 e. The Hall–Kier alpha value is -1.26. The van der Waals surface area contributed by atoms with Crippen molar-refractivity contribution in [3.05, 3.63) is 23.8 Å². The van der Waals surface area contributed by atoms with Crippen LogP contribution in [0.2, 0.25) is 0 Å². The Bertz CT molecular complexity index is 443. The van der Waals surface area contributed by atoms with Crippen LogP contribution in [0.25, 0.3) is 0 Å². The second-order valence-corrected chi connectivity index (χ2v) is 5.52. The maximum absolute atomic E-state index is 5.75. The Morgan fingerprint density at radius 1 is 1.15 bits per heavy atom. The zero-order chi connectivity index (χ0) is 13.8. The molecule has 2 aliphatic heterocycles. The molecule has 2 atom stereocenters. The molecule has 2 heterocycles. The summed E-state index contributed by atoms with van der Waals surface area (Å²) < 4.78 is 16.9. The van der Waals surface area contributed by atoms with Crippen molar-refractivity contribution in [1.29, 1.82) is 0 Å². The summed E-state index contributed by atoms with van der Waals surface area (Å²) in [5.41, 5.74) is 1.23. The van der Waals surface area contributed by atoms with Gasteiger partial charge < -0.3 is 19.5 Å². The van der Waals surface area contributed by atoms with Gasteiger partial charge in [-0.3, -0.25) is 0 Å². The van der Waals surface area contributed by atoms with Crippen molar-refractivity contribution in [3.8, 4) is 11.5 Å². The summed E-state index contributed by atoms with van der Waals surface area (Å²) >= 11 is 0. The van der Waals surface area contributed by atoms with Crippen molar-refractivity contribution in [2.75, 3.05) is 26.4 Å². The summed E-state index contributed by atoms with van der Waals surface area (Å²) in [6, 6.07) is 6.47. The molecule has 20 heavy (non-hydrogen) atoms. The van der Waals surface area contributed by atoms with E-state index in [0.717, 1.165) is 24.7 Å². The van der Waals surface area contributed by atoms with Crippen LogP contribution in [0.15, 0.2) is 18.2 Å². The van der Waals surface area contributed by atoms with Crippen molar-refractivity contribution in [1.82, 2.24) is 5.32 Å². The highest BCUT2D eigenvalue weighted by molar-refractivity contribution is 5.44. The Labute approximate surface area is 120 Å². The molecule has 3 rings (SSSR count). The van der Waals surface area contributed by atoms with Gasteiger partial charge in [-0.25, -0.2) is 0 Å². The maximum atomic E-state index is 5.75. The normalized spacial score (nSPS) is 23.4. The van der Waals surface area contributed by atoms with Crippen LogP contribution in [0.1, 0.15) is 37.8 Å². The molecule has 4 nitrogen and oxygen atoms in total. The Morgan fingerprint density at radius 3 is 2.80 bits per heavy atom. The molecule has 2 unspecified atom stereocenters. The summed E-state index contributed by atoms with van der Waals surface area (Å²) in [5, 5.41) is 3.55. The first-order valence-corrected chi connectivity index (χ1v) is 7.57. The van der Waals surface area contributed by atoms with Gasteiger partial charge in [-0.1, -0.05) is 6.07 Å². The second-order valence-electron chi connectivity index (χ2n) is 5.52. The Kier molecular flexibility index (Phi) is 4.43. The summed E-state index contributed by atoms with van der Waals surface area (Å²) in [5.74, 6) is 1.71. The minimum absolute atomic E-state index is 0.288. The van der Waals surface area contributed by atoms with Crippen LogP contribution in [0.4, 0.5) is 0 Å². The van der Waals surface area contributed by atoms with Gasteiger partial charge in [0.05, 0.1) is 6.10 Å². The van der Waals surface area contributed by atoms with Gasteiger partial charge in [0.15, 0.2) is 11.5 Å². The fraction of sp³-hybridized carbons (Fsp3) is 0.625. The van der Waals surface area contributed by atoms with Crippen LogP contribution < -0.4 is 14.8 Å². The van der Waals surface area contributed by atoms with Gasteiger partial charge in [0.2, 0.25) is 0 Å². The molecule has 2 aliphatic rings. The minimum Gasteiger partial charge on any atom is -0.486 e. The molecule has 0 aromatic heterocycles. The fourth-order valence-electron chi connectivity index (χ4n) is 2.72. The van der Waals surface area contributed by atoms with Crippen LogP contribution in [0, 0.1) is 0 Å². The lowest BCUT2D eigenvalue weighted by atomic mass is 10.1. The van der Waals surface area contributed by atoms with Crippen LogP contribution in [-0.2, 0) is 4.74 Å². The fourth-order valence-corrected chi connectivity index (χ4v) is 2.72. The topological polar surface area (TPSA) is 39.7 Å². The van der Waals surface area contributed by atoms with Gasteiger partial charge in [0.25, 0.3) is 0 Å². The van der Waals surface area contributed by atoms with E-state index < -0.39 is 0 Å². The lowest BCUT2D eigenvalue weighted by molar-refractivity contribution is 0.0156. The number of ether oxygens (including phenoxy) is 3. The van der Waals surface area contributed by atoms with Crippen molar-refractivity contribution in [2.24, 2.45) is 0 Å². The molecule has 4 heteroatoms. The van der Waals surface area contributed by atoms with E-state index in [0.29, 0.717) is 19.3 Å². The first kappa shape index (κ1) is 13.7. The summed E-state index contributed by atoms with van der Waals surface area (Å²) in [4.78, 5) is 0. The molecule has 0 bridgehead atoms. The highest BCUT2D eigenvalue weighted by atomic mass is 16.6. The third kappa shape index (κ3) is 3.25. The molecule has 1 fully saturated rings. The molecule has 0 saturated carbocycles. The van der Waals surface area contributed by atoms with E-state index in [-0.39, 0.29) is 6.04 Å². The highest BCUT2D eigenvalue weighted by Gasteiger charge is 2.17.